The van der Waals surface area contributed by atoms with Gasteiger partial charge in [-0.2, -0.15) is 0 Å². The molecular formula is C18H19ClN2O3. The standard InChI is InChI=1S/C18H19ClN2O3/c19-15-8-4-1-5-12(15)11-20-16(22)9-10-21-17(23)13-6-2-3-7-14(13)18(21)24/h1-5,8,13-14H,6-7,9-11H2,(H,20,22). The minimum Gasteiger partial charge on any atom is -0.352 e. The van der Waals surface area contributed by atoms with Crippen LogP contribution < -0.4 is 5.32 Å². The number of imide groups is 1. The van der Waals surface area contributed by atoms with E-state index in [4.69, 9.17) is 11.6 Å². The molecule has 1 N–H and O–H groups in total. The summed E-state index contributed by atoms with van der Waals surface area (Å²) in [5, 5.41) is 3.37. The first-order valence-corrected chi connectivity index (χ1v) is 8.46. The minimum atomic E-state index is -0.242. The number of carbonyl (C=O) groups excluding carboxylic acids is 3. The van der Waals surface area contributed by atoms with E-state index in [9.17, 15) is 14.4 Å². The number of likely N-dealkylation sites (tertiary alicyclic amines) is 1. The fourth-order valence-electron chi connectivity index (χ4n) is 3.23. The average Bonchev–Trinajstić information content (AvgIpc) is 2.84. The van der Waals surface area contributed by atoms with E-state index in [-0.39, 0.29) is 42.5 Å². The fraction of sp³-hybridized carbons (Fsp3) is 0.389. The van der Waals surface area contributed by atoms with Gasteiger partial charge in [-0.3, -0.25) is 19.3 Å². The van der Waals surface area contributed by atoms with Crippen LogP contribution in [0.1, 0.15) is 24.8 Å². The second-order valence-corrected chi connectivity index (χ2v) is 6.51. The van der Waals surface area contributed by atoms with E-state index in [0.29, 0.717) is 24.4 Å². The van der Waals surface area contributed by atoms with E-state index in [2.05, 4.69) is 5.32 Å². The van der Waals surface area contributed by atoms with E-state index in [0.717, 1.165) is 5.56 Å². The third kappa shape index (κ3) is 3.36. The van der Waals surface area contributed by atoms with Gasteiger partial charge in [0.15, 0.2) is 0 Å². The zero-order valence-corrected chi connectivity index (χ0v) is 14.0. The van der Waals surface area contributed by atoms with Gasteiger partial charge in [-0.25, -0.2) is 0 Å². The molecule has 1 heterocycles. The first-order chi connectivity index (χ1) is 11.6. The summed E-state index contributed by atoms with van der Waals surface area (Å²) in [6.07, 6.45) is 5.24. The van der Waals surface area contributed by atoms with Gasteiger partial charge in [0.25, 0.3) is 0 Å². The minimum absolute atomic E-state index is 0.106. The zero-order valence-electron chi connectivity index (χ0n) is 13.2. The second kappa shape index (κ2) is 7.18. The lowest BCUT2D eigenvalue weighted by molar-refractivity contribution is -0.140. The van der Waals surface area contributed by atoms with Crippen LogP contribution >= 0.6 is 11.6 Å². The van der Waals surface area contributed by atoms with Crippen molar-refractivity contribution in [3.05, 3.63) is 47.0 Å². The lowest BCUT2D eigenvalue weighted by atomic mass is 9.85. The number of nitrogens with zero attached hydrogens (tertiary/aromatic N) is 1. The number of nitrogens with one attached hydrogen (secondary N) is 1. The molecule has 1 aromatic rings. The Hall–Kier alpha value is -2.14. The Labute approximate surface area is 145 Å². The molecule has 1 aliphatic carbocycles. The summed E-state index contributed by atoms with van der Waals surface area (Å²) in [4.78, 5) is 37.9. The maximum Gasteiger partial charge on any atom is 0.233 e. The molecule has 0 bridgehead atoms. The number of fused-ring (bicyclic) bond motifs is 1. The van der Waals surface area contributed by atoms with Crippen LogP contribution in [0.25, 0.3) is 0 Å². The van der Waals surface area contributed by atoms with Crippen LogP contribution in [0, 0.1) is 11.8 Å². The summed E-state index contributed by atoms with van der Waals surface area (Å²) in [6, 6.07) is 7.28. The molecule has 1 fully saturated rings. The highest BCUT2D eigenvalue weighted by Crippen LogP contribution is 2.34. The molecule has 2 aliphatic rings. The van der Waals surface area contributed by atoms with Crippen molar-refractivity contribution < 1.29 is 14.4 Å². The highest BCUT2D eigenvalue weighted by molar-refractivity contribution is 6.31. The molecule has 6 heteroatoms. The van der Waals surface area contributed by atoms with Gasteiger partial charge in [-0.05, 0) is 24.5 Å². The third-order valence-electron chi connectivity index (χ3n) is 4.60. The predicted octanol–water partition coefficient (Wildman–Crippen LogP) is 2.30. The molecule has 2 atom stereocenters. The molecule has 5 nitrogen and oxygen atoms in total. The largest absolute Gasteiger partial charge is 0.352 e. The van der Waals surface area contributed by atoms with Crippen molar-refractivity contribution in [2.75, 3.05) is 6.54 Å². The van der Waals surface area contributed by atoms with E-state index in [1.807, 2.05) is 30.4 Å². The summed E-state index contributed by atoms with van der Waals surface area (Å²) in [7, 11) is 0. The molecule has 0 aromatic heterocycles. The quantitative estimate of drug-likeness (QED) is 0.657. The molecule has 1 aromatic carbocycles. The molecule has 3 rings (SSSR count). The molecule has 2 unspecified atom stereocenters. The van der Waals surface area contributed by atoms with Gasteiger partial charge in [0.05, 0.1) is 11.8 Å². The monoisotopic (exact) mass is 346 g/mol. The van der Waals surface area contributed by atoms with Crippen LogP contribution in [0.4, 0.5) is 0 Å². The normalized spacial score (nSPS) is 22.6. The van der Waals surface area contributed by atoms with Crippen molar-refractivity contribution in [3.63, 3.8) is 0 Å². The van der Waals surface area contributed by atoms with Crippen LogP contribution in [0.2, 0.25) is 5.02 Å². The first-order valence-electron chi connectivity index (χ1n) is 8.08. The maximum atomic E-state index is 12.3. The highest BCUT2D eigenvalue weighted by atomic mass is 35.5. The van der Waals surface area contributed by atoms with Crippen molar-refractivity contribution >= 4 is 29.3 Å². The number of carbonyl (C=O) groups is 3. The number of amides is 3. The molecule has 126 valence electrons. The van der Waals surface area contributed by atoms with E-state index >= 15 is 0 Å². The lowest BCUT2D eigenvalue weighted by Crippen LogP contribution is -2.35. The number of halogens is 1. The van der Waals surface area contributed by atoms with Gasteiger partial charge in [-0.1, -0.05) is 42.0 Å². The summed E-state index contributed by atoms with van der Waals surface area (Å²) >= 11 is 6.04. The van der Waals surface area contributed by atoms with Crippen molar-refractivity contribution in [2.45, 2.75) is 25.8 Å². The third-order valence-corrected chi connectivity index (χ3v) is 4.96. The fourth-order valence-corrected chi connectivity index (χ4v) is 3.43. The molecule has 1 aliphatic heterocycles. The maximum absolute atomic E-state index is 12.3. The van der Waals surface area contributed by atoms with Gasteiger partial charge in [-0.15, -0.1) is 0 Å². The van der Waals surface area contributed by atoms with Gasteiger partial charge >= 0.3 is 0 Å². The van der Waals surface area contributed by atoms with Gasteiger partial charge in [0, 0.05) is 24.5 Å². The molecule has 0 spiro atoms. The van der Waals surface area contributed by atoms with Gasteiger partial charge in [0.2, 0.25) is 17.7 Å². The molecular weight excluding hydrogens is 328 g/mol. The first kappa shape index (κ1) is 16.7. The second-order valence-electron chi connectivity index (χ2n) is 6.10. The smallest absolute Gasteiger partial charge is 0.233 e. The lowest BCUT2D eigenvalue weighted by Gasteiger charge is -2.14. The summed E-state index contributed by atoms with van der Waals surface area (Å²) in [5.74, 6) is -0.979. The van der Waals surface area contributed by atoms with Crippen LogP contribution in [-0.2, 0) is 20.9 Å². The topological polar surface area (TPSA) is 66.5 Å². The van der Waals surface area contributed by atoms with E-state index < -0.39 is 0 Å². The summed E-state index contributed by atoms with van der Waals surface area (Å²) < 4.78 is 0. The summed E-state index contributed by atoms with van der Waals surface area (Å²) in [5.41, 5.74) is 0.831. The van der Waals surface area contributed by atoms with Crippen molar-refractivity contribution in [2.24, 2.45) is 11.8 Å². The van der Waals surface area contributed by atoms with Crippen molar-refractivity contribution in [1.82, 2.24) is 10.2 Å². The highest BCUT2D eigenvalue weighted by Gasteiger charge is 2.46. The number of hydrogen-bond acceptors (Lipinski definition) is 3. The van der Waals surface area contributed by atoms with Gasteiger partial charge < -0.3 is 5.32 Å². The Morgan fingerprint density at radius 3 is 2.38 bits per heavy atom. The number of benzene rings is 1. The van der Waals surface area contributed by atoms with E-state index in [1.165, 1.54) is 4.90 Å². The predicted molar refractivity (Wildman–Crippen MR) is 90.0 cm³/mol. The van der Waals surface area contributed by atoms with Crippen LogP contribution in [0.5, 0.6) is 0 Å². The Balaban J connectivity index is 1.51. The van der Waals surface area contributed by atoms with Crippen LogP contribution in [0.3, 0.4) is 0 Å². The zero-order chi connectivity index (χ0) is 17.1. The molecule has 1 saturated heterocycles. The molecule has 3 amide bonds. The van der Waals surface area contributed by atoms with Crippen LogP contribution in [0.15, 0.2) is 36.4 Å². The summed E-state index contributed by atoms with van der Waals surface area (Å²) in [6.45, 7) is 0.467. The van der Waals surface area contributed by atoms with E-state index in [1.54, 1.807) is 6.07 Å². The molecule has 0 radical (unpaired) electrons. The van der Waals surface area contributed by atoms with Crippen molar-refractivity contribution in [1.29, 1.82) is 0 Å². The number of rotatable bonds is 5. The average molecular weight is 347 g/mol. The Morgan fingerprint density at radius 1 is 1.12 bits per heavy atom. The molecule has 24 heavy (non-hydrogen) atoms. The Bertz CT molecular complexity index is 675. The van der Waals surface area contributed by atoms with Crippen molar-refractivity contribution in [3.8, 4) is 0 Å². The van der Waals surface area contributed by atoms with Crippen LogP contribution in [-0.4, -0.2) is 29.2 Å². The number of allylic oxidation sites excluding steroid dienone is 2. The molecule has 0 saturated carbocycles. The number of hydrogen-bond donors (Lipinski definition) is 1. The Morgan fingerprint density at radius 2 is 1.75 bits per heavy atom. The SMILES string of the molecule is O=C(CCN1C(=O)C2CC=CCC2C1=O)NCc1ccccc1Cl. The van der Waals surface area contributed by atoms with Gasteiger partial charge in [0.1, 0.15) is 0 Å². The Kier molecular flexibility index (Phi) is 5.00.